The van der Waals surface area contributed by atoms with Crippen LogP contribution in [0.2, 0.25) is 0 Å². The van der Waals surface area contributed by atoms with E-state index in [2.05, 4.69) is 0 Å². The second-order valence-corrected chi connectivity index (χ2v) is 5.16. The molecule has 1 aliphatic rings. The van der Waals surface area contributed by atoms with Crippen molar-refractivity contribution in [3.63, 3.8) is 0 Å². The number of hydrogen-bond donors (Lipinski definition) is 0. The summed E-state index contributed by atoms with van der Waals surface area (Å²) in [4.78, 5) is 0. The van der Waals surface area contributed by atoms with Crippen molar-refractivity contribution in [1.82, 2.24) is 0 Å². The fourth-order valence-corrected chi connectivity index (χ4v) is 2.87. The van der Waals surface area contributed by atoms with Crippen LogP contribution in [0, 0.1) is 0 Å². The summed E-state index contributed by atoms with van der Waals surface area (Å²) in [6, 6.07) is 4.54. The molecule has 0 N–H and O–H groups in total. The zero-order valence-electron chi connectivity index (χ0n) is 10.1. The molecule has 0 bridgehead atoms. The van der Waals surface area contributed by atoms with Crippen LogP contribution < -0.4 is 0 Å². The average Bonchev–Trinajstić information content (AvgIpc) is 2.38. The van der Waals surface area contributed by atoms with Gasteiger partial charge in [-0.2, -0.15) is 13.2 Å². The smallest absolute Gasteiger partial charge is 0.166 e. The maximum atomic E-state index is 13.1. The molecular weight excluding hydrogens is 261 g/mol. The summed E-state index contributed by atoms with van der Waals surface area (Å²) in [5.41, 5.74) is 0.493. The Morgan fingerprint density at radius 3 is 2.33 bits per heavy atom. The van der Waals surface area contributed by atoms with Gasteiger partial charge in [0.2, 0.25) is 0 Å². The monoisotopic (exact) mass is 276 g/mol. The minimum absolute atomic E-state index is 0.0553. The molecule has 0 unspecified atom stereocenters. The van der Waals surface area contributed by atoms with E-state index < -0.39 is 11.7 Å². The third-order valence-electron chi connectivity index (χ3n) is 3.62. The second-order valence-electron chi connectivity index (χ2n) is 4.89. The highest BCUT2D eigenvalue weighted by Crippen LogP contribution is 2.41. The van der Waals surface area contributed by atoms with Gasteiger partial charge in [0.15, 0.2) is 0 Å². The molecule has 1 fully saturated rings. The molecule has 0 aliphatic heterocycles. The Bertz CT molecular complexity index is 406. The zero-order chi connectivity index (χ0) is 13.2. The van der Waals surface area contributed by atoms with Gasteiger partial charge in [0.1, 0.15) is 0 Å². The Morgan fingerprint density at radius 2 is 1.78 bits per heavy atom. The maximum Gasteiger partial charge on any atom is 0.416 e. The first-order chi connectivity index (χ1) is 8.52. The minimum atomic E-state index is -4.28. The van der Waals surface area contributed by atoms with Crippen molar-refractivity contribution in [2.45, 2.75) is 50.1 Å². The molecular formula is C14H16ClF3. The first-order valence-corrected chi connectivity index (χ1v) is 6.82. The first kappa shape index (κ1) is 13.7. The van der Waals surface area contributed by atoms with Crippen LogP contribution in [0.4, 0.5) is 13.2 Å². The van der Waals surface area contributed by atoms with Crippen LogP contribution >= 0.6 is 11.6 Å². The molecule has 0 aromatic heterocycles. The third-order valence-corrected chi connectivity index (χ3v) is 3.93. The van der Waals surface area contributed by atoms with Crippen molar-refractivity contribution in [3.05, 3.63) is 34.9 Å². The summed E-state index contributed by atoms with van der Waals surface area (Å²) in [5.74, 6) is 0.174. The van der Waals surface area contributed by atoms with Gasteiger partial charge in [-0.3, -0.25) is 0 Å². The molecule has 0 heterocycles. The van der Waals surface area contributed by atoms with Gasteiger partial charge in [0.05, 0.1) is 5.56 Å². The highest BCUT2D eigenvalue weighted by Gasteiger charge is 2.35. The zero-order valence-corrected chi connectivity index (χ0v) is 10.8. The summed E-state index contributed by atoms with van der Waals surface area (Å²) in [7, 11) is 0. The van der Waals surface area contributed by atoms with Crippen molar-refractivity contribution < 1.29 is 13.2 Å². The molecule has 0 saturated heterocycles. The topological polar surface area (TPSA) is 0 Å². The van der Waals surface area contributed by atoms with Crippen LogP contribution in [0.25, 0.3) is 0 Å². The Labute approximate surface area is 110 Å². The molecule has 0 radical (unpaired) electrons. The van der Waals surface area contributed by atoms with Crippen molar-refractivity contribution >= 4 is 11.6 Å². The second kappa shape index (κ2) is 5.52. The minimum Gasteiger partial charge on any atom is -0.166 e. The summed E-state index contributed by atoms with van der Waals surface area (Å²) >= 11 is 5.62. The normalized spacial score (nSPS) is 18.0. The highest BCUT2D eigenvalue weighted by atomic mass is 35.5. The number of rotatable bonds is 2. The molecule has 1 aromatic rings. The van der Waals surface area contributed by atoms with Crippen molar-refractivity contribution in [1.29, 1.82) is 0 Å². The van der Waals surface area contributed by atoms with Crippen LogP contribution in [0.5, 0.6) is 0 Å². The summed E-state index contributed by atoms with van der Waals surface area (Å²) in [6.07, 6.45) is 0.636. The Balaban J connectivity index is 2.38. The van der Waals surface area contributed by atoms with Crippen LogP contribution in [-0.2, 0) is 12.1 Å². The van der Waals surface area contributed by atoms with E-state index in [0.717, 1.165) is 32.1 Å². The standard InChI is InChI=1S/C14H16ClF3/c15-9-10-6-7-12(11-4-2-1-3-5-11)13(8-10)14(16,17)18/h6-8,11H,1-5,9H2. The van der Waals surface area contributed by atoms with Crippen LogP contribution in [0.15, 0.2) is 18.2 Å². The molecule has 1 aliphatic carbocycles. The van der Waals surface area contributed by atoms with Gasteiger partial charge in [-0.15, -0.1) is 11.6 Å². The average molecular weight is 277 g/mol. The molecule has 0 spiro atoms. The van der Waals surface area contributed by atoms with E-state index in [1.165, 1.54) is 6.07 Å². The van der Waals surface area contributed by atoms with Crippen molar-refractivity contribution in [3.8, 4) is 0 Å². The summed E-state index contributed by atoms with van der Waals surface area (Å²) in [5, 5.41) is 0. The lowest BCUT2D eigenvalue weighted by Crippen LogP contribution is -2.14. The number of alkyl halides is 4. The van der Waals surface area contributed by atoms with Gasteiger partial charge >= 0.3 is 6.18 Å². The Morgan fingerprint density at radius 1 is 1.11 bits per heavy atom. The predicted octanol–water partition coefficient (Wildman–Crippen LogP) is 5.49. The largest absolute Gasteiger partial charge is 0.416 e. The molecule has 100 valence electrons. The van der Waals surface area contributed by atoms with Gasteiger partial charge in [-0.05, 0) is 36.0 Å². The lowest BCUT2D eigenvalue weighted by Gasteiger charge is -2.25. The molecule has 0 amide bonds. The van der Waals surface area contributed by atoms with E-state index in [0.29, 0.717) is 11.1 Å². The Kier molecular flexibility index (Phi) is 4.21. The van der Waals surface area contributed by atoms with E-state index in [-0.39, 0.29) is 11.8 Å². The lowest BCUT2D eigenvalue weighted by molar-refractivity contribution is -0.138. The van der Waals surface area contributed by atoms with Crippen molar-refractivity contribution in [2.24, 2.45) is 0 Å². The number of benzene rings is 1. The fourth-order valence-electron chi connectivity index (χ4n) is 2.70. The molecule has 18 heavy (non-hydrogen) atoms. The first-order valence-electron chi connectivity index (χ1n) is 6.28. The van der Waals surface area contributed by atoms with Crippen LogP contribution in [0.1, 0.15) is 54.7 Å². The van der Waals surface area contributed by atoms with E-state index in [1.807, 2.05) is 0 Å². The Hall–Kier alpha value is -0.700. The van der Waals surface area contributed by atoms with E-state index >= 15 is 0 Å². The molecule has 1 aromatic carbocycles. The van der Waals surface area contributed by atoms with E-state index in [9.17, 15) is 13.2 Å². The molecule has 0 atom stereocenters. The van der Waals surface area contributed by atoms with E-state index in [4.69, 9.17) is 11.6 Å². The van der Waals surface area contributed by atoms with Crippen molar-refractivity contribution in [2.75, 3.05) is 0 Å². The lowest BCUT2D eigenvalue weighted by atomic mass is 9.81. The van der Waals surface area contributed by atoms with Gasteiger partial charge < -0.3 is 0 Å². The van der Waals surface area contributed by atoms with Gasteiger partial charge in [0.25, 0.3) is 0 Å². The molecule has 2 rings (SSSR count). The van der Waals surface area contributed by atoms with Crippen LogP contribution in [-0.4, -0.2) is 0 Å². The SMILES string of the molecule is FC(F)(F)c1cc(CCl)ccc1C1CCCCC1. The molecule has 0 nitrogen and oxygen atoms in total. The van der Waals surface area contributed by atoms with E-state index in [1.54, 1.807) is 12.1 Å². The number of hydrogen-bond acceptors (Lipinski definition) is 0. The molecule has 1 saturated carbocycles. The third kappa shape index (κ3) is 3.00. The van der Waals surface area contributed by atoms with Gasteiger partial charge in [-0.1, -0.05) is 31.4 Å². The highest BCUT2D eigenvalue weighted by molar-refractivity contribution is 6.17. The van der Waals surface area contributed by atoms with Crippen LogP contribution in [0.3, 0.4) is 0 Å². The summed E-state index contributed by atoms with van der Waals surface area (Å²) < 4.78 is 39.2. The summed E-state index contributed by atoms with van der Waals surface area (Å²) in [6.45, 7) is 0. The maximum absolute atomic E-state index is 13.1. The van der Waals surface area contributed by atoms with Gasteiger partial charge in [-0.25, -0.2) is 0 Å². The number of halogens is 4. The predicted molar refractivity (Wildman–Crippen MR) is 66.8 cm³/mol. The molecule has 4 heteroatoms. The van der Waals surface area contributed by atoms with Gasteiger partial charge in [0, 0.05) is 5.88 Å². The fraction of sp³-hybridized carbons (Fsp3) is 0.571. The quantitative estimate of drug-likeness (QED) is 0.626.